The van der Waals surface area contributed by atoms with Crippen LogP contribution in [0.3, 0.4) is 0 Å². The van der Waals surface area contributed by atoms with E-state index in [1.165, 1.54) is 31.4 Å². The predicted octanol–water partition coefficient (Wildman–Crippen LogP) is 3.36. The normalized spacial score (nSPS) is 12.2. The number of halogens is 3. The Balaban J connectivity index is 2.43. The van der Waals surface area contributed by atoms with Gasteiger partial charge in [-0.25, -0.2) is 14.2 Å². The quantitative estimate of drug-likeness (QED) is 0.602. The van der Waals surface area contributed by atoms with Gasteiger partial charge in [0.2, 0.25) is 0 Å². The highest BCUT2D eigenvalue weighted by Gasteiger charge is 2.15. The van der Waals surface area contributed by atoms with Crippen LogP contribution >= 0.6 is 11.6 Å². The van der Waals surface area contributed by atoms with Crippen molar-refractivity contribution < 1.29 is 23.0 Å². The lowest BCUT2D eigenvalue weighted by Crippen LogP contribution is -2.16. The summed E-state index contributed by atoms with van der Waals surface area (Å²) in [6.45, 7) is -0.624. The maximum Gasteiger partial charge on any atom is 0.356 e. The van der Waals surface area contributed by atoms with Crippen molar-refractivity contribution in [1.29, 1.82) is 0 Å². The van der Waals surface area contributed by atoms with Gasteiger partial charge in [-0.15, -0.1) is 11.6 Å². The molecule has 0 saturated carbocycles. The lowest BCUT2D eigenvalue weighted by atomic mass is 10.1. The number of esters is 1. The first kappa shape index (κ1) is 16.4. The monoisotopic (exact) mass is 329 g/mol. The lowest BCUT2D eigenvalue weighted by molar-refractivity contribution is 0.0594. The maximum atomic E-state index is 13.4. The van der Waals surface area contributed by atoms with Crippen LogP contribution in [-0.4, -0.2) is 37.2 Å². The third-order valence-electron chi connectivity index (χ3n) is 3.04. The molecule has 0 saturated heterocycles. The van der Waals surface area contributed by atoms with Crippen molar-refractivity contribution in [3.05, 3.63) is 35.8 Å². The molecule has 7 heteroatoms. The summed E-state index contributed by atoms with van der Waals surface area (Å²) in [4.78, 5) is 15.7. The molecule has 1 heterocycles. The first-order chi connectivity index (χ1) is 10.6. The van der Waals surface area contributed by atoms with E-state index in [0.29, 0.717) is 10.9 Å². The summed E-state index contributed by atoms with van der Waals surface area (Å²) in [5.74, 6) is -1.27. The van der Waals surface area contributed by atoms with E-state index in [0.717, 1.165) is 0 Å². The number of hydrogen-bond donors (Lipinski definition) is 0. The van der Waals surface area contributed by atoms with E-state index in [-0.39, 0.29) is 23.9 Å². The Bertz CT molecular complexity index is 677. The summed E-state index contributed by atoms with van der Waals surface area (Å²) in [7, 11) is 1.23. The summed E-state index contributed by atoms with van der Waals surface area (Å²) in [5, 5.41) is 0.389. The van der Waals surface area contributed by atoms with Crippen LogP contribution in [0.5, 0.6) is 5.75 Å². The van der Waals surface area contributed by atoms with Gasteiger partial charge in [-0.2, -0.15) is 0 Å². The van der Waals surface area contributed by atoms with E-state index < -0.39 is 24.4 Å². The lowest BCUT2D eigenvalue weighted by Gasteiger charge is -2.14. The number of fused-ring (bicyclic) bond motifs is 1. The second kappa shape index (κ2) is 7.35. The largest absolute Gasteiger partial charge is 0.492 e. The van der Waals surface area contributed by atoms with Gasteiger partial charge in [0.05, 0.1) is 25.9 Å². The third kappa shape index (κ3) is 3.62. The summed E-state index contributed by atoms with van der Waals surface area (Å²) >= 11 is 5.62. The van der Waals surface area contributed by atoms with E-state index in [2.05, 4.69) is 9.72 Å². The Morgan fingerprint density at radius 2 is 2.18 bits per heavy atom. The standard InChI is InChI=1S/C15H14ClF2NO3/c1-21-15(20)13-5-14(22-8-9(6-16)7-17)11-4-10(18)2-3-12(11)19-13/h2-5,9H,6-8H2,1H3. The number of hydrogen-bond acceptors (Lipinski definition) is 4. The second-order valence-corrected chi connectivity index (χ2v) is 4.95. The molecule has 1 atom stereocenters. The zero-order chi connectivity index (χ0) is 16.1. The molecule has 2 rings (SSSR count). The van der Waals surface area contributed by atoms with Crippen molar-refractivity contribution in [3.8, 4) is 5.75 Å². The summed E-state index contributed by atoms with van der Waals surface area (Å²) in [5.41, 5.74) is 0.404. The molecule has 2 aromatic rings. The topological polar surface area (TPSA) is 48.4 Å². The number of ether oxygens (including phenoxy) is 2. The third-order valence-corrected chi connectivity index (χ3v) is 3.47. The fourth-order valence-electron chi connectivity index (χ4n) is 1.83. The van der Waals surface area contributed by atoms with Crippen molar-refractivity contribution in [1.82, 2.24) is 4.98 Å². The molecule has 0 fully saturated rings. The molecule has 22 heavy (non-hydrogen) atoms. The van der Waals surface area contributed by atoms with E-state index in [1.54, 1.807) is 0 Å². The molecular formula is C15H14ClF2NO3. The molecule has 1 aromatic heterocycles. The molecule has 1 aromatic carbocycles. The number of carbonyl (C=O) groups is 1. The number of pyridine rings is 1. The van der Waals surface area contributed by atoms with E-state index >= 15 is 0 Å². The van der Waals surface area contributed by atoms with Crippen molar-refractivity contribution in [2.45, 2.75) is 0 Å². The van der Waals surface area contributed by atoms with Crippen LogP contribution in [-0.2, 0) is 4.74 Å². The molecule has 1 unspecified atom stereocenters. The molecule has 0 spiro atoms. The number of rotatable bonds is 6. The fraction of sp³-hybridized carbons (Fsp3) is 0.333. The van der Waals surface area contributed by atoms with Gasteiger partial charge in [0, 0.05) is 23.3 Å². The number of alkyl halides is 2. The molecule has 0 radical (unpaired) electrons. The summed E-state index contributed by atoms with van der Waals surface area (Å²) in [6.07, 6.45) is 0. The number of aromatic nitrogens is 1. The number of methoxy groups -OCH3 is 1. The smallest absolute Gasteiger partial charge is 0.356 e. The predicted molar refractivity (Wildman–Crippen MR) is 78.7 cm³/mol. The Kier molecular flexibility index (Phi) is 5.49. The van der Waals surface area contributed by atoms with Crippen molar-refractivity contribution >= 4 is 28.5 Å². The highest BCUT2D eigenvalue weighted by Crippen LogP contribution is 2.27. The Morgan fingerprint density at radius 3 is 2.82 bits per heavy atom. The number of benzene rings is 1. The van der Waals surface area contributed by atoms with Crippen LogP contribution in [0, 0.1) is 11.7 Å². The Labute approximate surface area is 131 Å². The molecule has 118 valence electrons. The molecule has 0 amide bonds. The molecule has 0 aliphatic carbocycles. The molecule has 0 aliphatic heterocycles. The van der Waals surface area contributed by atoms with Crippen LogP contribution in [0.25, 0.3) is 10.9 Å². The minimum Gasteiger partial charge on any atom is -0.492 e. The van der Waals surface area contributed by atoms with Gasteiger partial charge in [0.1, 0.15) is 11.6 Å². The summed E-state index contributed by atoms with van der Waals surface area (Å²) in [6, 6.07) is 5.24. The van der Waals surface area contributed by atoms with Gasteiger partial charge in [-0.05, 0) is 18.2 Å². The van der Waals surface area contributed by atoms with Crippen LogP contribution in [0.4, 0.5) is 8.78 Å². The molecule has 0 aliphatic rings. The van der Waals surface area contributed by atoms with Gasteiger partial charge in [-0.3, -0.25) is 4.39 Å². The molecule has 0 N–H and O–H groups in total. The van der Waals surface area contributed by atoms with E-state index in [4.69, 9.17) is 16.3 Å². The van der Waals surface area contributed by atoms with Gasteiger partial charge in [0.15, 0.2) is 5.69 Å². The van der Waals surface area contributed by atoms with Crippen LogP contribution < -0.4 is 4.74 Å². The van der Waals surface area contributed by atoms with Gasteiger partial charge < -0.3 is 9.47 Å². The first-order valence-corrected chi connectivity index (χ1v) is 7.05. The summed E-state index contributed by atoms with van der Waals surface area (Å²) < 4.78 is 36.2. The molecular weight excluding hydrogens is 316 g/mol. The van der Waals surface area contributed by atoms with E-state index in [1.807, 2.05) is 0 Å². The highest BCUT2D eigenvalue weighted by atomic mass is 35.5. The minimum atomic E-state index is -0.643. The zero-order valence-electron chi connectivity index (χ0n) is 11.8. The minimum absolute atomic E-state index is 0.0102. The molecule has 0 bridgehead atoms. The average molecular weight is 330 g/mol. The molecule has 4 nitrogen and oxygen atoms in total. The fourth-order valence-corrected chi connectivity index (χ4v) is 2.01. The number of carbonyl (C=O) groups excluding carboxylic acids is 1. The Hall–Kier alpha value is -1.95. The van der Waals surface area contributed by atoms with E-state index in [9.17, 15) is 13.6 Å². The SMILES string of the molecule is COC(=O)c1cc(OCC(CF)CCl)c2cc(F)ccc2n1. The first-order valence-electron chi connectivity index (χ1n) is 6.52. The van der Waals surface area contributed by atoms with Crippen molar-refractivity contribution in [2.24, 2.45) is 5.92 Å². The van der Waals surface area contributed by atoms with Crippen molar-refractivity contribution in [3.63, 3.8) is 0 Å². The highest BCUT2D eigenvalue weighted by molar-refractivity contribution is 6.18. The maximum absolute atomic E-state index is 13.4. The zero-order valence-corrected chi connectivity index (χ0v) is 12.6. The van der Waals surface area contributed by atoms with Crippen molar-refractivity contribution in [2.75, 3.05) is 26.3 Å². The van der Waals surface area contributed by atoms with Crippen LogP contribution in [0.2, 0.25) is 0 Å². The van der Waals surface area contributed by atoms with Gasteiger partial charge in [0.25, 0.3) is 0 Å². The number of nitrogens with zero attached hydrogens (tertiary/aromatic N) is 1. The average Bonchev–Trinajstić information content (AvgIpc) is 2.54. The van der Waals surface area contributed by atoms with Crippen LogP contribution in [0.15, 0.2) is 24.3 Å². The van der Waals surface area contributed by atoms with Gasteiger partial charge >= 0.3 is 5.97 Å². The van der Waals surface area contributed by atoms with Gasteiger partial charge in [-0.1, -0.05) is 0 Å². The Morgan fingerprint density at radius 1 is 1.41 bits per heavy atom. The second-order valence-electron chi connectivity index (χ2n) is 4.64. The van der Waals surface area contributed by atoms with Crippen LogP contribution in [0.1, 0.15) is 10.5 Å².